The molecule has 0 N–H and O–H groups in total. The van der Waals surface area contributed by atoms with Crippen molar-refractivity contribution in [2.24, 2.45) is 17.8 Å². The van der Waals surface area contributed by atoms with Crippen LogP contribution in [0.1, 0.15) is 37.3 Å². The molecule has 2 fully saturated rings. The number of nitrogens with zero attached hydrogens (tertiary/aromatic N) is 3. The zero-order chi connectivity index (χ0) is 25.9. The van der Waals surface area contributed by atoms with Gasteiger partial charge in [-0.15, -0.1) is 0 Å². The number of anilines is 2. The summed E-state index contributed by atoms with van der Waals surface area (Å²) in [6.07, 6.45) is 3.02. The molecule has 1 heterocycles. The highest BCUT2D eigenvalue weighted by Gasteiger charge is 2.50. The van der Waals surface area contributed by atoms with Gasteiger partial charge in [-0.2, -0.15) is 0 Å². The minimum absolute atomic E-state index is 0.106. The minimum Gasteiger partial charge on any atom is -0.361 e. The normalized spacial score (nSPS) is 21.1. The van der Waals surface area contributed by atoms with Crippen LogP contribution >= 0.6 is 0 Å². The first-order chi connectivity index (χ1) is 17.9. The van der Waals surface area contributed by atoms with Crippen molar-refractivity contribution >= 4 is 28.9 Å². The second kappa shape index (κ2) is 10.5. The van der Waals surface area contributed by atoms with E-state index < -0.39 is 4.92 Å². The average molecular weight is 498 g/mol. The van der Waals surface area contributed by atoms with E-state index in [1.165, 1.54) is 11.0 Å². The van der Waals surface area contributed by atoms with Gasteiger partial charge in [0.2, 0.25) is 11.8 Å². The Morgan fingerprint density at radius 1 is 0.892 bits per heavy atom. The van der Waals surface area contributed by atoms with E-state index >= 15 is 0 Å². The molecular weight excluding hydrogens is 466 g/mol. The molecule has 0 unspecified atom stereocenters. The van der Waals surface area contributed by atoms with Crippen LogP contribution in [0, 0.1) is 27.9 Å². The van der Waals surface area contributed by atoms with Gasteiger partial charge in [-0.25, -0.2) is 4.90 Å². The number of hydrogen-bond donors (Lipinski definition) is 0. The van der Waals surface area contributed by atoms with E-state index in [1.807, 2.05) is 65.6 Å². The van der Waals surface area contributed by atoms with Crippen molar-refractivity contribution in [2.75, 3.05) is 16.3 Å². The van der Waals surface area contributed by atoms with Crippen molar-refractivity contribution in [1.82, 2.24) is 0 Å². The molecule has 3 atom stereocenters. The molecule has 190 valence electrons. The summed E-state index contributed by atoms with van der Waals surface area (Å²) in [7, 11) is 0. The molecule has 0 aromatic heterocycles. The molecule has 7 nitrogen and oxygen atoms in total. The molecule has 37 heavy (non-hydrogen) atoms. The van der Waals surface area contributed by atoms with Crippen LogP contribution in [0.25, 0.3) is 0 Å². The number of carbonyl (C=O) groups excluding carboxylic acids is 2. The summed E-state index contributed by atoms with van der Waals surface area (Å²) < 4.78 is 0. The van der Waals surface area contributed by atoms with E-state index in [-0.39, 0.29) is 35.0 Å². The van der Waals surface area contributed by atoms with E-state index in [2.05, 4.69) is 6.92 Å². The van der Waals surface area contributed by atoms with Crippen LogP contribution in [0.2, 0.25) is 0 Å². The van der Waals surface area contributed by atoms with Gasteiger partial charge in [0.25, 0.3) is 5.69 Å². The third-order valence-corrected chi connectivity index (χ3v) is 7.67. The molecule has 1 aliphatic heterocycles. The quantitative estimate of drug-likeness (QED) is 0.224. The summed E-state index contributed by atoms with van der Waals surface area (Å²) in [5.41, 5.74) is 2.83. The molecule has 3 aromatic rings. The third-order valence-electron chi connectivity index (χ3n) is 7.67. The fourth-order valence-corrected chi connectivity index (χ4v) is 5.71. The van der Waals surface area contributed by atoms with E-state index in [9.17, 15) is 19.7 Å². The number of nitro groups is 1. The number of carbonyl (C=O) groups is 2. The number of amides is 2. The molecule has 5 rings (SSSR count). The molecule has 0 spiro atoms. The Labute approximate surface area is 216 Å². The maximum atomic E-state index is 13.2. The molecular formula is C30H31N3O4. The van der Waals surface area contributed by atoms with Crippen LogP contribution in [-0.4, -0.2) is 23.3 Å². The number of benzene rings is 3. The Hall–Kier alpha value is -4.00. The van der Waals surface area contributed by atoms with Crippen LogP contribution in [-0.2, 0) is 22.6 Å². The lowest BCUT2D eigenvalue weighted by Crippen LogP contribution is -2.31. The fourth-order valence-electron chi connectivity index (χ4n) is 5.71. The Morgan fingerprint density at radius 3 is 2.22 bits per heavy atom. The van der Waals surface area contributed by atoms with E-state index in [1.54, 1.807) is 12.1 Å². The van der Waals surface area contributed by atoms with Crippen LogP contribution in [0.15, 0.2) is 78.9 Å². The molecule has 0 radical (unpaired) electrons. The summed E-state index contributed by atoms with van der Waals surface area (Å²) in [6, 6.07) is 24.6. The zero-order valence-electron chi connectivity index (χ0n) is 21.0. The minimum atomic E-state index is -0.417. The fraction of sp³-hybridized carbons (Fsp3) is 0.333. The molecule has 2 aliphatic rings. The van der Waals surface area contributed by atoms with Crippen molar-refractivity contribution in [3.05, 3.63) is 100 Å². The van der Waals surface area contributed by atoms with Gasteiger partial charge < -0.3 is 4.90 Å². The molecule has 1 saturated heterocycles. The Morgan fingerprint density at radius 2 is 1.54 bits per heavy atom. The van der Waals surface area contributed by atoms with Gasteiger partial charge in [0.05, 0.1) is 22.4 Å². The maximum absolute atomic E-state index is 13.2. The summed E-state index contributed by atoms with van der Waals surface area (Å²) in [5.74, 6) is -0.702. The predicted octanol–water partition coefficient (Wildman–Crippen LogP) is 5.77. The summed E-state index contributed by atoms with van der Waals surface area (Å²) in [5, 5.41) is 12.3. The standard InChI is InChI=1S/C30H31N3O4/c1-21-12-14-25-26(18-21)30(35)32(29(25)34)24-13-15-27(28(19-24)33(36)37)31(20-23-10-6-3-7-11-23)17-16-22-8-4-2-5-9-22/h2-11,13,15,19,21,25-26H,12,14,16-18,20H2,1H3/t21-,25+,26+/m1/s1. The number of fused-ring (bicyclic) bond motifs is 1. The van der Waals surface area contributed by atoms with Crippen LogP contribution in [0.3, 0.4) is 0 Å². The molecule has 2 amide bonds. The number of hydrogen-bond acceptors (Lipinski definition) is 5. The average Bonchev–Trinajstić information content (AvgIpc) is 3.16. The predicted molar refractivity (Wildman–Crippen MR) is 143 cm³/mol. The first-order valence-electron chi connectivity index (χ1n) is 12.9. The monoisotopic (exact) mass is 497 g/mol. The Balaban J connectivity index is 1.47. The lowest BCUT2D eigenvalue weighted by atomic mass is 9.76. The van der Waals surface area contributed by atoms with Crippen molar-refractivity contribution < 1.29 is 14.5 Å². The van der Waals surface area contributed by atoms with Crippen LogP contribution in [0.5, 0.6) is 0 Å². The smallest absolute Gasteiger partial charge is 0.294 e. The van der Waals surface area contributed by atoms with Gasteiger partial charge in [0.15, 0.2) is 0 Å². The van der Waals surface area contributed by atoms with Crippen LogP contribution < -0.4 is 9.80 Å². The number of rotatable bonds is 8. The van der Waals surface area contributed by atoms with Crippen molar-refractivity contribution in [3.63, 3.8) is 0 Å². The largest absolute Gasteiger partial charge is 0.361 e. The maximum Gasteiger partial charge on any atom is 0.294 e. The number of imide groups is 1. The van der Waals surface area contributed by atoms with E-state index in [4.69, 9.17) is 0 Å². The lowest BCUT2D eigenvalue weighted by Gasteiger charge is -2.26. The Kier molecular flexibility index (Phi) is 7.04. The van der Waals surface area contributed by atoms with Gasteiger partial charge in [-0.05, 0) is 54.9 Å². The zero-order valence-corrected chi connectivity index (χ0v) is 21.0. The van der Waals surface area contributed by atoms with Crippen molar-refractivity contribution in [2.45, 2.75) is 39.2 Å². The van der Waals surface area contributed by atoms with Gasteiger partial charge in [-0.1, -0.05) is 67.6 Å². The number of nitro benzene ring substituents is 1. The summed E-state index contributed by atoms with van der Waals surface area (Å²) in [6.45, 7) is 3.17. The first-order valence-corrected chi connectivity index (χ1v) is 12.9. The summed E-state index contributed by atoms with van der Waals surface area (Å²) in [4.78, 5) is 41.4. The Bertz CT molecular complexity index is 1290. The second-order valence-corrected chi connectivity index (χ2v) is 10.2. The third kappa shape index (κ3) is 5.12. The molecule has 0 bridgehead atoms. The van der Waals surface area contributed by atoms with Gasteiger partial charge in [0, 0.05) is 19.2 Å². The van der Waals surface area contributed by atoms with Gasteiger partial charge in [0.1, 0.15) is 5.69 Å². The molecule has 7 heteroatoms. The molecule has 1 saturated carbocycles. The van der Waals surface area contributed by atoms with Crippen molar-refractivity contribution in [1.29, 1.82) is 0 Å². The summed E-state index contributed by atoms with van der Waals surface area (Å²) >= 11 is 0. The van der Waals surface area contributed by atoms with Gasteiger partial charge in [-0.3, -0.25) is 19.7 Å². The topological polar surface area (TPSA) is 83.8 Å². The molecule has 3 aromatic carbocycles. The van der Waals surface area contributed by atoms with E-state index in [0.29, 0.717) is 37.5 Å². The SMILES string of the molecule is C[C@@H]1CC[C@@H]2C(=O)N(c3ccc(N(CCc4ccccc4)Cc4ccccc4)c([N+](=O)[O-])c3)C(=O)[C@H]2C1. The van der Waals surface area contributed by atoms with Gasteiger partial charge >= 0.3 is 0 Å². The highest BCUT2D eigenvalue weighted by atomic mass is 16.6. The molecule has 1 aliphatic carbocycles. The second-order valence-electron chi connectivity index (χ2n) is 10.2. The lowest BCUT2D eigenvalue weighted by molar-refractivity contribution is -0.384. The highest BCUT2D eigenvalue weighted by Crippen LogP contribution is 2.43. The highest BCUT2D eigenvalue weighted by molar-refractivity contribution is 6.22. The van der Waals surface area contributed by atoms with Crippen molar-refractivity contribution in [3.8, 4) is 0 Å². The van der Waals surface area contributed by atoms with E-state index in [0.717, 1.165) is 24.0 Å². The first kappa shape index (κ1) is 24.7. The van der Waals surface area contributed by atoms with Crippen LogP contribution in [0.4, 0.5) is 17.1 Å².